The fourth-order valence-electron chi connectivity index (χ4n) is 3.11. The minimum absolute atomic E-state index is 0.0138. The molecule has 24 heavy (non-hydrogen) atoms. The summed E-state index contributed by atoms with van der Waals surface area (Å²) in [6, 6.07) is 17.5. The molecular weight excluding hydrogens is 300 g/mol. The quantitative estimate of drug-likeness (QED) is 0.863. The van der Waals surface area contributed by atoms with Gasteiger partial charge in [0.15, 0.2) is 6.10 Å². The zero-order valence-corrected chi connectivity index (χ0v) is 13.3. The van der Waals surface area contributed by atoms with Crippen LogP contribution < -0.4 is 9.64 Å². The lowest BCUT2D eigenvalue weighted by Gasteiger charge is -2.18. The molecule has 2 aliphatic rings. The molecule has 1 saturated heterocycles. The second-order valence-corrected chi connectivity index (χ2v) is 5.85. The number of rotatable bonds is 4. The fourth-order valence-corrected chi connectivity index (χ4v) is 3.11. The van der Waals surface area contributed by atoms with Gasteiger partial charge in [-0.1, -0.05) is 36.4 Å². The van der Waals surface area contributed by atoms with E-state index in [4.69, 9.17) is 4.74 Å². The minimum atomic E-state index is -0.447. The normalized spacial score (nSPS) is 19.7. The first-order valence-corrected chi connectivity index (χ1v) is 8.18. The Balaban J connectivity index is 1.55. The standard InChI is InChI=1S/C20H18N2O2/c23-20-19(12-14-22(20)15-7-2-1-3-8-15)24-18-11-5-4-9-16(18)17-10-6-13-21-17/h1-5,7-11,13,19H,6,12,14H2. The molecule has 0 radical (unpaired) electrons. The third-order valence-corrected chi connectivity index (χ3v) is 4.30. The van der Waals surface area contributed by atoms with E-state index in [1.807, 2.05) is 60.8 Å². The van der Waals surface area contributed by atoms with Crippen molar-refractivity contribution in [3.8, 4) is 5.75 Å². The van der Waals surface area contributed by atoms with Crippen LogP contribution >= 0.6 is 0 Å². The monoisotopic (exact) mass is 318 g/mol. The highest BCUT2D eigenvalue weighted by Gasteiger charge is 2.34. The van der Waals surface area contributed by atoms with Crippen LogP contribution in [-0.4, -0.2) is 24.8 Å². The van der Waals surface area contributed by atoms with E-state index in [0.717, 1.165) is 29.1 Å². The topological polar surface area (TPSA) is 41.9 Å². The van der Waals surface area contributed by atoms with Crippen LogP contribution in [0.4, 0.5) is 5.69 Å². The van der Waals surface area contributed by atoms with Crippen LogP contribution in [0, 0.1) is 0 Å². The highest BCUT2D eigenvalue weighted by molar-refractivity contribution is 5.99. The molecule has 0 N–H and O–H groups in total. The molecule has 0 saturated carbocycles. The van der Waals surface area contributed by atoms with Crippen molar-refractivity contribution in [3.05, 3.63) is 66.2 Å². The van der Waals surface area contributed by atoms with Crippen molar-refractivity contribution in [1.82, 2.24) is 0 Å². The van der Waals surface area contributed by atoms with Gasteiger partial charge in [-0.25, -0.2) is 0 Å². The predicted octanol–water partition coefficient (Wildman–Crippen LogP) is 3.69. The molecule has 0 bridgehead atoms. The Morgan fingerprint density at radius 1 is 1.04 bits per heavy atom. The predicted molar refractivity (Wildman–Crippen MR) is 95.4 cm³/mol. The van der Waals surface area contributed by atoms with Gasteiger partial charge < -0.3 is 9.64 Å². The van der Waals surface area contributed by atoms with Crippen molar-refractivity contribution < 1.29 is 9.53 Å². The molecule has 1 fully saturated rings. The molecular formula is C20H18N2O2. The van der Waals surface area contributed by atoms with Crippen molar-refractivity contribution in [1.29, 1.82) is 0 Å². The Kier molecular flexibility index (Phi) is 3.87. The van der Waals surface area contributed by atoms with Crippen molar-refractivity contribution in [2.45, 2.75) is 18.9 Å². The van der Waals surface area contributed by atoms with Gasteiger partial charge in [0.2, 0.25) is 0 Å². The minimum Gasteiger partial charge on any atom is -0.480 e. The van der Waals surface area contributed by atoms with Gasteiger partial charge in [-0.3, -0.25) is 9.79 Å². The number of carbonyl (C=O) groups is 1. The van der Waals surface area contributed by atoms with Gasteiger partial charge in [0.1, 0.15) is 5.75 Å². The van der Waals surface area contributed by atoms with Gasteiger partial charge in [0.05, 0.1) is 5.70 Å². The van der Waals surface area contributed by atoms with E-state index in [2.05, 4.69) is 11.1 Å². The number of benzene rings is 2. The highest BCUT2D eigenvalue weighted by atomic mass is 16.5. The van der Waals surface area contributed by atoms with Gasteiger partial charge in [0.25, 0.3) is 5.91 Å². The number of hydrogen-bond donors (Lipinski definition) is 0. The van der Waals surface area contributed by atoms with E-state index < -0.39 is 6.10 Å². The first-order valence-electron chi connectivity index (χ1n) is 8.18. The summed E-state index contributed by atoms with van der Waals surface area (Å²) < 4.78 is 6.08. The third-order valence-electron chi connectivity index (χ3n) is 4.30. The number of allylic oxidation sites excluding steroid dienone is 1. The van der Waals surface area contributed by atoms with Crippen LogP contribution in [0.15, 0.2) is 65.7 Å². The van der Waals surface area contributed by atoms with Crippen molar-refractivity contribution in [2.24, 2.45) is 4.99 Å². The summed E-state index contributed by atoms with van der Waals surface area (Å²) >= 11 is 0. The first kappa shape index (κ1) is 14.7. The average molecular weight is 318 g/mol. The summed E-state index contributed by atoms with van der Waals surface area (Å²) in [5.41, 5.74) is 2.78. The Hall–Kier alpha value is -2.88. The van der Waals surface area contributed by atoms with Crippen LogP contribution in [0.2, 0.25) is 0 Å². The van der Waals surface area contributed by atoms with Crippen LogP contribution in [-0.2, 0) is 4.79 Å². The second kappa shape index (κ2) is 6.32. The van der Waals surface area contributed by atoms with Gasteiger partial charge >= 0.3 is 0 Å². The van der Waals surface area contributed by atoms with Gasteiger partial charge in [-0.15, -0.1) is 0 Å². The fraction of sp³-hybridized carbons (Fsp3) is 0.200. The van der Waals surface area contributed by atoms with E-state index in [9.17, 15) is 4.79 Å². The molecule has 4 nitrogen and oxygen atoms in total. The molecule has 120 valence electrons. The summed E-state index contributed by atoms with van der Waals surface area (Å²) in [4.78, 5) is 18.9. The summed E-state index contributed by atoms with van der Waals surface area (Å²) in [7, 11) is 0. The molecule has 4 heteroatoms. The molecule has 0 aliphatic carbocycles. The Labute approximate surface area is 141 Å². The lowest BCUT2D eigenvalue weighted by Crippen LogP contribution is -2.32. The van der Waals surface area contributed by atoms with E-state index in [-0.39, 0.29) is 5.91 Å². The van der Waals surface area contributed by atoms with E-state index in [0.29, 0.717) is 13.0 Å². The zero-order chi connectivity index (χ0) is 16.4. The smallest absolute Gasteiger partial charge is 0.268 e. The largest absolute Gasteiger partial charge is 0.480 e. The molecule has 1 amide bonds. The maximum absolute atomic E-state index is 12.7. The molecule has 2 aliphatic heterocycles. The number of nitrogens with zero attached hydrogens (tertiary/aromatic N) is 2. The summed E-state index contributed by atoms with van der Waals surface area (Å²) in [5, 5.41) is 0. The summed E-state index contributed by atoms with van der Waals surface area (Å²) in [5.74, 6) is 0.732. The van der Waals surface area contributed by atoms with Gasteiger partial charge in [-0.2, -0.15) is 0 Å². The highest BCUT2D eigenvalue weighted by Crippen LogP contribution is 2.31. The second-order valence-electron chi connectivity index (χ2n) is 5.85. The maximum atomic E-state index is 12.7. The van der Waals surface area contributed by atoms with Crippen LogP contribution in [0.5, 0.6) is 5.75 Å². The molecule has 1 atom stereocenters. The number of aliphatic imine (C=N–C) groups is 1. The Morgan fingerprint density at radius 2 is 1.83 bits per heavy atom. The molecule has 2 heterocycles. The maximum Gasteiger partial charge on any atom is 0.268 e. The molecule has 0 spiro atoms. The van der Waals surface area contributed by atoms with Gasteiger partial charge in [0, 0.05) is 36.9 Å². The number of carbonyl (C=O) groups excluding carboxylic acids is 1. The Bertz CT molecular complexity index is 811. The number of para-hydroxylation sites is 2. The van der Waals surface area contributed by atoms with Crippen LogP contribution in [0.1, 0.15) is 18.4 Å². The molecule has 0 aromatic heterocycles. The number of hydrogen-bond acceptors (Lipinski definition) is 3. The van der Waals surface area contributed by atoms with Crippen LogP contribution in [0.25, 0.3) is 5.70 Å². The number of ether oxygens (including phenoxy) is 1. The molecule has 2 aromatic carbocycles. The summed E-state index contributed by atoms with van der Waals surface area (Å²) in [6.07, 6.45) is 5.02. The summed E-state index contributed by atoms with van der Waals surface area (Å²) in [6.45, 7) is 0.677. The van der Waals surface area contributed by atoms with E-state index in [1.165, 1.54) is 0 Å². The number of amides is 1. The molecule has 1 unspecified atom stereocenters. The first-order chi connectivity index (χ1) is 11.8. The van der Waals surface area contributed by atoms with E-state index in [1.54, 1.807) is 4.90 Å². The SMILES string of the molecule is O=C1C(Oc2ccccc2C2=CCC=N2)CCN1c1ccccc1. The van der Waals surface area contributed by atoms with Gasteiger partial charge in [-0.05, 0) is 24.3 Å². The van der Waals surface area contributed by atoms with Crippen molar-refractivity contribution in [3.63, 3.8) is 0 Å². The molecule has 2 aromatic rings. The Morgan fingerprint density at radius 3 is 2.62 bits per heavy atom. The van der Waals surface area contributed by atoms with Crippen molar-refractivity contribution >= 4 is 23.5 Å². The lowest BCUT2D eigenvalue weighted by atomic mass is 10.1. The van der Waals surface area contributed by atoms with E-state index >= 15 is 0 Å². The zero-order valence-electron chi connectivity index (χ0n) is 13.3. The van der Waals surface area contributed by atoms with Crippen molar-refractivity contribution in [2.75, 3.05) is 11.4 Å². The lowest BCUT2D eigenvalue weighted by molar-refractivity contribution is -0.122. The number of anilines is 1. The molecule has 4 rings (SSSR count). The third kappa shape index (κ3) is 2.71. The average Bonchev–Trinajstić information content (AvgIpc) is 3.27. The van der Waals surface area contributed by atoms with Crippen LogP contribution in [0.3, 0.4) is 0 Å².